The number of carbonyl (C=O) groups is 4. The van der Waals surface area contributed by atoms with Crippen molar-refractivity contribution in [3.63, 3.8) is 0 Å². The Morgan fingerprint density at radius 2 is 1.81 bits per heavy atom. The number of carboxylic acid groups (broad SMARTS) is 1. The molecule has 2 fully saturated rings. The zero-order chi connectivity index (χ0) is 15.7. The maximum Gasteiger partial charge on any atom is 0.326 e. The number of carbonyl (C=O) groups excluding carboxylic acids is 3. The summed E-state index contributed by atoms with van der Waals surface area (Å²) in [6.07, 6.45) is 1.91. The van der Waals surface area contributed by atoms with Gasteiger partial charge >= 0.3 is 5.97 Å². The van der Waals surface area contributed by atoms with Gasteiger partial charge in [-0.1, -0.05) is 13.3 Å². The average molecular weight is 296 g/mol. The van der Waals surface area contributed by atoms with Gasteiger partial charge in [-0.05, 0) is 25.2 Å². The van der Waals surface area contributed by atoms with E-state index in [4.69, 9.17) is 5.73 Å². The van der Waals surface area contributed by atoms with E-state index >= 15 is 0 Å². The minimum absolute atomic E-state index is 0.126. The lowest BCUT2D eigenvalue weighted by atomic mass is 10.00. The van der Waals surface area contributed by atoms with Crippen LogP contribution in [0.1, 0.15) is 39.0 Å². The largest absolute Gasteiger partial charge is 0.480 e. The van der Waals surface area contributed by atoms with Crippen LogP contribution in [0.3, 0.4) is 0 Å². The van der Waals surface area contributed by atoms with Gasteiger partial charge in [0.15, 0.2) is 0 Å². The molecule has 3 N–H and O–H groups in total. The second-order valence-electron chi connectivity index (χ2n) is 5.86. The summed E-state index contributed by atoms with van der Waals surface area (Å²) in [5.41, 5.74) is 5.02. The summed E-state index contributed by atoms with van der Waals surface area (Å²) in [6.45, 7) is 2.02. The average Bonchev–Trinajstić information content (AvgIpc) is 2.93. The number of nitrogens with two attached hydrogens (primary N) is 1. The molecule has 21 heavy (non-hydrogen) atoms. The molecule has 1 aliphatic heterocycles. The number of likely N-dealkylation sites (tertiary alicyclic amines) is 1. The number of nitrogens with zero attached hydrogens (tertiary/aromatic N) is 1. The van der Waals surface area contributed by atoms with Crippen molar-refractivity contribution in [3.05, 3.63) is 0 Å². The number of aliphatic carboxylic acids is 1. The quantitative estimate of drug-likeness (QED) is 0.675. The summed E-state index contributed by atoms with van der Waals surface area (Å²) in [6, 6.07) is -1.29. The van der Waals surface area contributed by atoms with Gasteiger partial charge in [0.2, 0.25) is 17.7 Å². The molecular weight excluding hydrogens is 276 g/mol. The normalized spacial score (nSPS) is 29.6. The minimum atomic E-state index is -1.29. The Morgan fingerprint density at radius 3 is 2.19 bits per heavy atom. The van der Waals surface area contributed by atoms with Crippen LogP contribution in [0.25, 0.3) is 0 Å². The first-order valence-corrected chi connectivity index (χ1v) is 7.24. The number of imide groups is 1. The standard InChI is InChI=1S/C14H20N2O5/c1-2-7-5-8-9(6-7)13(19)16(12(8)18)10(14(20)21)3-4-11(15)17/h7-10H,2-6H2,1H3,(H2,15,17)(H,20,21). The van der Waals surface area contributed by atoms with Crippen LogP contribution in [0.2, 0.25) is 0 Å². The third-order valence-electron chi connectivity index (χ3n) is 4.61. The lowest BCUT2D eigenvalue weighted by molar-refractivity contribution is -0.156. The van der Waals surface area contributed by atoms with Crippen molar-refractivity contribution in [1.29, 1.82) is 0 Å². The molecule has 0 aromatic heterocycles. The second-order valence-corrected chi connectivity index (χ2v) is 5.86. The van der Waals surface area contributed by atoms with Crippen LogP contribution in [-0.4, -0.2) is 39.7 Å². The van der Waals surface area contributed by atoms with E-state index < -0.39 is 41.6 Å². The number of rotatable bonds is 6. The highest BCUT2D eigenvalue weighted by Gasteiger charge is 2.55. The molecule has 0 aromatic carbocycles. The molecule has 7 heteroatoms. The Labute approximate surface area is 122 Å². The second kappa shape index (κ2) is 5.83. The summed E-state index contributed by atoms with van der Waals surface area (Å²) < 4.78 is 0. The van der Waals surface area contributed by atoms with Crippen LogP contribution in [0.5, 0.6) is 0 Å². The smallest absolute Gasteiger partial charge is 0.326 e. The molecule has 1 saturated heterocycles. The number of fused-ring (bicyclic) bond motifs is 1. The number of primary amides is 1. The van der Waals surface area contributed by atoms with Crippen molar-refractivity contribution in [2.75, 3.05) is 0 Å². The van der Waals surface area contributed by atoms with Crippen LogP contribution in [0.4, 0.5) is 0 Å². The molecule has 0 aromatic rings. The summed E-state index contributed by atoms with van der Waals surface area (Å²) in [7, 11) is 0. The fourth-order valence-electron chi connectivity index (χ4n) is 3.44. The number of carboxylic acids is 1. The lowest BCUT2D eigenvalue weighted by Gasteiger charge is -2.24. The van der Waals surface area contributed by atoms with Gasteiger partial charge in [0.05, 0.1) is 11.8 Å². The molecule has 0 radical (unpaired) electrons. The summed E-state index contributed by atoms with van der Waals surface area (Å²) in [4.78, 5) is 47.8. The lowest BCUT2D eigenvalue weighted by Crippen LogP contribution is -2.46. The third-order valence-corrected chi connectivity index (χ3v) is 4.61. The zero-order valence-electron chi connectivity index (χ0n) is 11.9. The SMILES string of the molecule is CCC1CC2C(=O)N(C(CCC(N)=O)C(=O)O)C(=O)C2C1. The van der Waals surface area contributed by atoms with Crippen LogP contribution >= 0.6 is 0 Å². The topological polar surface area (TPSA) is 118 Å². The summed E-state index contributed by atoms with van der Waals surface area (Å²) in [5, 5.41) is 9.25. The van der Waals surface area contributed by atoms with E-state index in [9.17, 15) is 24.3 Å². The molecule has 7 nitrogen and oxygen atoms in total. The van der Waals surface area contributed by atoms with Crippen LogP contribution in [0.15, 0.2) is 0 Å². The van der Waals surface area contributed by atoms with E-state index in [0.717, 1.165) is 11.3 Å². The highest BCUT2D eigenvalue weighted by molar-refractivity contribution is 6.08. The maximum absolute atomic E-state index is 12.4. The molecule has 3 unspecified atom stereocenters. The van der Waals surface area contributed by atoms with Crippen LogP contribution in [0, 0.1) is 17.8 Å². The highest BCUT2D eigenvalue weighted by atomic mass is 16.4. The monoisotopic (exact) mass is 296 g/mol. The highest BCUT2D eigenvalue weighted by Crippen LogP contribution is 2.45. The van der Waals surface area contributed by atoms with E-state index in [2.05, 4.69) is 0 Å². The van der Waals surface area contributed by atoms with E-state index in [1.54, 1.807) is 0 Å². The third kappa shape index (κ3) is 2.77. The fraction of sp³-hybridized carbons (Fsp3) is 0.714. The molecule has 116 valence electrons. The summed E-state index contributed by atoms with van der Waals surface area (Å²) in [5.74, 6) is -3.16. The van der Waals surface area contributed by atoms with Crippen LogP contribution in [-0.2, 0) is 19.2 Å². The Kier molecular flexibility index (Phi) is 4.29. The van der Waals surface area contributed by atoms with Gasteiger partial charge in [0, 0.05) is 6.42 Å². The van der Waals surface area contributed by atoms with Crippen LogP contribution < -0.4 is 5.73 Å². The summed E-state index contributed by atoms with van der Waals surface area (Å²) >= 11 is 0. The molecule has 1 aliphatic carbocycles. The van der Waals surface area contributed by atoms with Crippen molar-refractivity contribution in [1.82, 2.24) is 4.90 Å². The maximum atomic E-state index is 12.4. The van der Waals surface area contributed by atoms with Gasteiger partial charge in [-0.3, -0.25) is 19.3 Å². The Balaban J connectivity index is 2.16. The number of hydrogen-bond acceptors (Lipinski definition) is 4. The first-order chi connectivity index (χ1) is 9.86. The Hall–Kier alpha value is -1.92. The van der Waals surface area contributed by atoms with Gasteiger partial charge in [-0.2, -0.15) is 0 Å². The predicted molar refractivity (Wildman–Crippen MR) is 71.7 cm³/mol. The predicted octanol–water partition coefficient (Wildman–Crippen LogP) is 0.126. The van der Waals surface area contributed by atoms with Gasteiger partial charge in [-0.25, -0.2) is 4.79 Å². The minimum Gasteiger partial charge on any atom is -0.480 e. The van der Waals surface area contributed by atoms with Crippen molar-refractivity contribution in [3.8, 4) is 0 Å². The van der Waals surface area contributed by atoms with Crippen molar-refractivity contribution in [2.45, 2.75) is 45.1 Å². The Morgan fingerprint density at radius 1 is 1.29 bits per heavy atom. The molecule has 3 atom stereocenters. The van der Waals surface area contributed by atoms with E-state index in [-0.39, 0.29) is 12.8 Å². The molecule has 2 rings (SSSR count). The van der Waals surface area contributed by atoms with Gasteiger partial charge in [0.1, 0.15) is 6.04 Å². The number of amides is 3. The van der Waals surface area contributed by atoms with E-state index in [1.165, 1.54) is 0 Å². The van der Waals surface area contributed by atoms with Gasteiger partial charge in [0.25, 0.3) is 0 Å². The van der Waals surface area contributed by atoms with Crippen molar-refractivity contribution in [2.24, 2.45) is 23.5 Å². The Bertz CT molecular complexity index is 466. The molecule has 0 bridgehead atoms. The van der Waals surface area contributed by atoms with E-state index in [1.807, 2.05) is 6.92 Å². The van der Waals surface area contributed by atoms with Gasteiger partial charge < -0.3 is 10.8 Å². The molecular formula is C14H20N2O5. The fourth-order valence-corrected chi connectivity index (χ4v) is 3.44. The molecule has 1 saturated carbocycles. The van der Waals surface area contributed by atoms with E-state index in [0.29, 0.717) is 18.8 Å². The van der Waals surface area contributed by atoms with Crippen molar-refractivity contribution >= 4 is 23.7 Å². The van der Waals surface area contributed by atoms with Crippen molar-refractivity contribution < 1.29 is 24.3 Å². The zero-order valence-corrected chi connectivity index (χ0v) is 11.9. The first kappa shape index (κ1) is 15.5. The number of hydrogen-bond donors (Lipinski definition) is 2. The first-order valence-electron chi connectivity index (χ1n) is 7.24. The molecule has 1 heterocycles. The molecule has 2 aliphatic rings. The molecule has 0 spiro atoms. The molecule has 3 amide bonds. The van der Waals surface area contributed by atoms with Gasteiger partial charge in [-0.15, -0.1) is 0 Å².